The van der Waals surface area contributed by atoms with Crippen molar-refractivity contribution in [1.29, 1.82) is 0 Å². The van der Waals surface area contributed by atoms with E-state index in [1.807, 2.05) is 0 Å². The lowest BCUT2D eigenvalue weighted by Crippen LogP contribution is -2.47. The molecule has 3 nitrogen and oxygen atoms in total. The van der Waals surface area contributed by atoms with Gasteiger partial charge in [0.05, 0.1) is 13.2 Å². The number of aryl methyl sites for hydroxylation is 2. The van der Waals surface area contributed by atoms with E-state index in [2.05, 4.69) is 23.5 Å². The third-order valence-electron chi connectivity index (χ3n) is 3.89. The highest BCUT2D eigenvalue weighted by Crippen LogP contribution is 2.26. The molecule has 1 aromatic rings. The maximum atomic E-state index is 6.32. The molecule has 0 amide bonds. The molecular formula is C14H20N2O. The molecule has 17 heavy (non-hydrogen) atoms. The highest BCUT2D eigenvalue weighted by Gasteiger charge is 2.23. The summed E-state index contributed by atoms with van der Waals surface area (Å²) in [5.74, 6) is 0. The molecule has 0 radical (unpaired) electrons. The van der Waals surface area contributed by atoms with Gasteiger partial charge >= 0.3 is 0 Å². The second-order valence-corrected chi connectivity index (χ2v) is 5.04. The van der Waals surface area contributed by atoms with Crippen LogP contribution in [0.25, 0.3) is 0 Å². The van der Waals surface area contributed by atoms with E-state index in [0.717, 1.165) is 19.8 Å². The largest absolute Gasteiger partial charge is 0.378 e. The quantitative estimate of drug-likeness (QED) is 0.804. The number of hydrogen-bond donors (Lipinski definition) is 2. The first-order valence-corrected chi connectivity index (χ1v) is 6.53. The van der Waals surface area contributed by atoms with Crippen LogP contribution in [0.2, 0.25) is 0 Å². The van der Waals surface area contributed by atoms with Crippen molar-refractivity contribution in [3.8, 4) is 0 Å². The predicted molar refractivity (Wildman–Crippen MR) is 68.0 cm³/mol. The summed E-state index contributed by atoms with van der Waals surface area (Å²) < 4.78 is 5.47. The molecular weight excluding hydrogens is 212 g/mol. The Morgan fingerprint density at radius 1 is 1.29 bits per heavy atom. The molecule has 3 N–H and O–H groups in total. The maximum Gasteiger partial charge on any atom is 0.0638 e. The molecule has 0 saturated carbocycles. The van der Waals surface area contributed by atoms with Crippen LogP contribution in [0, 0.1) is 0 Å². The minimum absolute atomic E-state index is 0.0428. The van der Waals surface area contributed by atoms with Gasteiger partial charge in [-0.05, 0) is 36.0 Å². The number of nitrogens with two attached hydrogens (primary N) is 1. The molecule has 3 heteroatoms. The molecule has 1 aromatic carbocycles. The Bertz CT molecular complexity index is 399. The number of benzene rings is 1. The molecule has 1 saturated heterocycles. The van der Waals surface area contributed by atoms with Crippen LogP contribution in [0.3, 0.4) is 0 Å². The zero-order chi connectivity index (χ0) is 11.7. The molecule has 0 spiro atoms. The number of fused-ring (bicyclic) bond motifs is 1. The number of rotatable bonds is 2. The Kier molecular flexibility index (Phi) is 3.14. The van der Waals surface area contributed by atoms with Crippen molar-refractivity contribution in [2.24, 2.45) is 5.73 Å². The van der Waals surface area contributed by atoms with Gasteiger partial charge in [0.2, 0.25) is 0 Å². The van der Waals surface area contributed by atoms with E-state index >= 15 is 0 Å². The topological polar surface area (TPSA) is 47.3 Å². The Labute approximate surface area is 102 Å². The van der Waals surface area contributed by atoms with E-state index in [0.29, 0.717) is 0 Å². The Hall–Kier alpha value is -0.900. The van der Waals surface area contributed by atoms with Crippen LogP contribution >= 0.6 is 0 Å². The third-order valence-corrected chi connectivity index (χ3v) is 3.89. The summed E-state index contributed by atoms with van der Waals surface area (Å²) in [5, 5.41) is 3.44. The lowest BCUT2D eigenvalue weighted by atomic mass is 9.96. The van der Waals surface area contributed by atoms with E-state index in [9.17, 15) is 0 Å². The molecule has 2 atom stereocenters. The Morgan fingerprint density at radius 3 is 3.00 bits per heavy atom. The SMILES string of the molecule is NC(c1ccc2c(c1)CCC2)C1COCCN1. The first-order valence-electron chi connectivity index (χ1n) is 6.53. The van der Waals surface area contributed by atoms with Gasteiger partial charge in [0.1, 0.15) is 0 Å². The smallest absolute Gasteiger partial charge is 0.0638 e. The lowest BCUT2D eigenvalue weighted by Gasteiger charge is -2.29. The molecule has 92 valence electrons. The summed E-state index contributed by atoms with van der Waals surface area (Å²) in [6.07, 6.45) is 3.74. The molecule has 2 unspecified atom stereocenters. The standard InChI is InChI=1S/C14H20N2O/c15-14(13-9-17-7-6-16-13)12-5-4-10-2-1-3-11(10)8-12/h4-5,8,13-14,16H,1-3,6-7,9,15H2. The highest BCUT2D eigenvalue weighted by atomic mass is 16.5. The van der Waals surface area contributed by atoms with E-state index in [4.69, 9.17) is 10.5 Å². The monoisotopic (exact) mass is 232 g/mol. The summed E-state index contributed by atoms with van der Waals surface area (Å²) in [6.45, 7) is 2.43. The normalized spacial score (nSPS) is 25.6. The zero-order valence-corrected chi connectivity index (χ0v) is 10.1. The van der Waals surface area contributed by atoms with Gasteiger partial charge in [-0.1, -0.05) is 18.2 Å². The van der Waals surface area contributed by atoms with Gasteiger partial charge in [-0.2, -0.15) is 0 Å². The number of morpholine rings is 1. The van der Waals surface area contributed by atoms with E-state index < -0.39 is 0 Å². The molecule has 1 aliphatic heterocycles. The summed E-state index contributed by atoms with van der Waals surface area (Å²) in [5.41, 5.74) is 10.6. The van der Waals surface area contributed by atoms with Crippen LogP contribution < -0.4 is 11.1 Å². The minimum Gasteiger partial charge on any atom is -0.378 e. The molecule has 1 fully saturated rings. The van der Waals surface area contributed by atoms with Crippen LogP contribution in [0.4, 0.5) is 0 Å². The van der Waals surface area contributed by atoms with Gasteiger partial charge < -0.3 is 15.8 Å². The molecule has 0 bridgehead atoms. The van der Waals surface area contributed by atoms with Gasteiger partial charge in [0.25, 0.3) is 0 Å². The summed E-state index contributed by atoms with van der Waals surface area (Å²) in [4.78, 5) is 0. The molecule has 0 aromatic heterocycles. The maximum absolute atomic E-state index is 6.32. The fourth-order valence-corrected chi connectivity index (χ4v) is 2.85. The van der Waals surface area contributed by atoms with Crippen LogP contribution in [0.1, 0.15) is 29.2 Å². The molecule has 1 aliphatic carbocycles. The van der Waals surface area contributed by atoms with Crippen molar-refractivity contribution in [1.82, 2.24) is 5.32 Å². The van der Waals surface area contributed by atoms with Crippen molar-refractivity contribution in [2.75, 3.05) is 19.8 Å². The van der Waals surface area contributed by atoms with Gasteiger partial charge in [0.15, 0.2) is 0 Å². The second-order valence-electron chi connectivity index (χ2n) is 5.04. The Morgan fingerprint density at radius 2 is 2.18 bits per heavy atom. The highest BCUT2D eigenvalue weighted by molar-refractivity contribution is 5.37. The molecule has 1 heterocycles. The number of nitrogens with one attached hydrogen (secondary N) is 1. The van der Waals surface area contributed by atoms with E-state index in [1.165, 1.54) is 36.0 Å². The fourth-order valence-electron chi connectivity index (χ4n) is 2.85. The number of ether oxygens (including phenoxy) is 1. The van der Waals surface area contributed by atoms with Gasteiger partial charge in [-0.15, -0.1) is 0 Å². The lowest BCUT2D eigenvalue weighted by molar-refractivity contribution is 0.0685. The van der Waals surface area contributed by atoms with Crippen molar-refractivity contribution in [2.45, 2.75) is 31.3 Å². The van der Waals surface area contributed by atoms with Crippen molar-refractivity contribution >= 4 is 0 Å². The third kappa shape index (κ3) is 2.23. The van der Waals surface area contributed by atoms with Gasteiger partial charge in [-0.3, -0.25) is 0 Å². The number of hydrogen-bond acceptors (Lipinski definition) is 3. The van der Waals surface area contributed by atoms with Crippen LogP contribution in [-0.4, -0.2) is 25.8 Å². The van der Waals surface area contributed by atoms with E-state index in [1.54, 1.807) is 0 Å². The molecule has 2 aliphatic rings. The van der Waals surface area contributed by atoms with Crippen molar-refractivity contribution in [3.63, 3.8) is 0 Å². The summed E-state index contributed by atoms with van der Waals surface area (Å²) in [7, 11) is 0. The van der Waals surface area contributed by atoms with Crippen LogP contribution in [-0.2, 0) is 17.6 Å². The average Bonchev–Trinajstić information content (AvgIpc) is 2.86. The first-order chi connectivity index (χ1) is 8.34. The summed E-state index contributed by atoms with van der Waals surface area (Å²) >= 11 is 0. The van der Waals surface area contributed by atoms with Crippen molar-refractivity contribution < 1.29 is 4.74 Å². The van der Waals surface area contributed by atoms with Crippen LogP contribution in [0.15, 0.2) is 18.2 Å². The summed E-state index contributed by atoms with van der Waals surface area (Å²) in [6, 6.07) is 7.03. The van der Waals surface area contributed by atoms with Crippen molar-refractivity contribution in [3.05, 3.63) is 34.9 Å². The Balaban J connectivity index is 1.78. The van der Waals surface area contributed by atoms with Gasteiger partial charge in [-0.25, -0.2) is 0 Å². The van der Waals surface area contributed by atoms with E-state index in [-0.39, 0.29) is 12.1 Å². The fraction of sp³-hybridized carbons (Fsp3) is 0.571. The predicted octanol–water partition coefficient (Wildman–Crippen LogP) is 1.16. The second kappa shape index (κ2) is 4.77. The molecule has 3 rings (SSSR count). The first kappa shape index (κ1) is 11.2. The average molecular weight is 232 g/mol. The van der Waals surface area contributed by atoms with Gasteiger partial charge in [0, 0.05) is 18.6 Å². The van der Waals surface area contributed by atoms with Crippen LogP contribution in [0.5, 0.6) is 0 Å². The minimum atomic E-state index is 0.0428. The zero-order valence-electron chi connectivity index (χ0n) is 10.1.